The van der Waals surface area contributed by atoms with Crippen molar-refractivity contribution < 1.29 is 0 Å². The Morgan fingerprint density at radius 1 is 0.500 bits per heavy atom. The highest BCUT2D eigenvalue weighted by atomic mass is 15.1. The minimum absolute atomic E-state index is 0.00370. The quantitative estimate of drug-likeness (QED) is 0.242. The fraction of sp³-hybridized carbons (Fsp3) is 0.189. The van der Waals surface area contributed by atoms with E-state index in [0.29, 0.717) is 0 Å². The number of rotatable bonds is 4. The third kappa shape index (κ3) is 3.61. The Hall–Kier alpha value is -4.10. The van der Waals surface area contributed by atoms with Crippen LogP contribution in [-0.2, 0) is 18.3 Å². The molecule has 0 saturated heterocycles. The van der Waals surface area contributed by atoms with Crippen molar-refractivity contribution in [2.24, 2.45) is 0 Å². The van der Waals surface area contributed by atoms with Gasteiger partial charge >= 0.3 is 0 Å². The Morgan fingerprint density at radius 3 is 1.71 bits per heavy atom. The van der Waals surface area contributed by atoms with Crippen molar-refractivity contribution in [2.45, 2.75) is 46.0 Å². The number of nitrogens with zero attached hydrogens (tertiary/aromatic N) is 1. The maximum Gasteiger partial charge on any atom is 0.0464 e. The van der Waals surface area contributed by atoms with Crippen molar-refractivity contribution in [3.63, 3.8) is 0 Å². The summed E-state index contributed by atoms with van der Waals surface area (Å²) in [7, 11) is 0. The van der Waals surface area contributed by atoms with Crippen LogP contribution in [0.25, 0.3) is 22.3 Å². The summed E-state index contributed by atoms with van der Waals surface area (Å²) in [5.41, 5.74) is 17.3. The summed E-state index contributed by atoms with van der Waals surface area (Å²) in [5.74, 6) is 0. The molecule has 5 aromatic carbocycles. The van der Waals surface area contributed by atoms with Crippen LogP contribution in [0.3, 0.4) is 0 Å². The van der Waals surface area contributed by atoms with Gasteiger partial charge in [0.1, 0.15) is 0 Å². The fourth-order valence-corrected chi connectivity index (χ4v) is 6.30. The first-order chi connectivity index (χ1) is 18.4. The van der Waals surface area contributed by atoms with Gasteiger partial charge in [-0.15, -0.1) is 0 Å². The van der Waals surface area contributed by atoms with E-state index in [1.165, 1.54) is 85.5 Å². The molecule has 1 heteroatoms. The molecule has 0 saturated carbocycles. The molecule has 7 rings (SSSR count). The van der Waals surface area contributed by atoms with Crippen molar-refractivity contribution in [3.05, 3.63) is 137 Å². The molecule has 0 atom stereocenters. The highest BCUT2D eigenvalue weighted by molar-refractivity contribution is 5.84. The van der Waals surface area contributed by atoms with Crippen LogP contribution >= 0.6 is 0 Å². The average molecular weight is 492 g/mol. The van der Waals surface area contributed by atoms with Gasteiger partial charge in [-0.1, -0.05) is 85.6 Å². The molecule has 186 valence electrons. The first kappa shape index (κ1) is 23.0. The van der Waals surface area contributed by atoms with Gasteiger partial charge in [0, 0.05) is 22.5 Å². The summed E-state index contributed by atoms with van der Waals surface area (Å²) in [6.45, 7) is 9.05. The number of hydrogen-bond acceptors (Lipinski definition) is 1. The number of hydrogen-bond donors (Lipinski definition) is 0. The summed E-state index contributed by atoms with van der Waals surface area (Å²) in [6, 6.07) is 38.8. The van der Waals surface area contributed by atoms with Gasteiger partial charge in [0.25, 0.3) is 0 Å². The van der Waals surface area contributed by atoms with Crippen LogP contribution < -0.4 is 4.90 Å². The maximum absolute atomic E-state index is 2.41. The molecule has 5 aromatic rings. The normalized spacial score (nSPS) is 14.3. The van der Waals surface area contributed by atoms with E-state index in [0.717, 1.165) is 0 Å². The monoisotopic (exact) mass is 491 g/mol. The van der Waals surface area contributed by atoms with Crippen LogP contribution in [0.2, 0.25) is 0 Å². The zero-order valence-electron chi connectivity index (χ0n) is 22.7. The molecule has 0 heterocycles. The zero-order valence-corrected chi connectivity index (χ0v) is 22.7. The molecule has 2 aliphatic rings. The lowest BCUT2D eigenvalue weighted by molar-refractivity contribution is 0.660. The summed E-state index contributed by atoms with van der Waals surface area (Å²) >= 11 is 0. The molecule has 0 unspecified atom stereocenters. The van der Waals surface area contributed by atoms with Crippen LogP contribution in [0.15, 0.2) is 103 Å². The minimum Gasteiger partial charge on any atom is -0.310 e. The Bertz CT molecular complexity index is 1690. The van der Waals surface area contributed by atoms with Crippen molar-refractivity contribution in [2.75, 3.05) is 4.90 Å². The van der Waals surface area contributed by atoms with Crippen molar-refractivity contribution in [1.82, 2.24) is 0 Å². The van der Waals surface area contributed by atoms with Crippen LogP contribution in [-0.4, -0.2) is 0 Å². The van der Waals surface area contributed by atoms with Crippen molar-refractivity contribution in [3.8, 4) is 22.3 Å². The van der Waals surface area contributed by atoms with E-state index in [1.54, 1.807) is 0 Å². The van der Waals surface area contributed by atoms with E-state index in [2.05, 4.69) is 136 Å². The largest absolute Gasteiger partial charge is 0.310 e. The first-order valence-corrected chi connectivity index (χ1v) is 13.7. The summed E-state index contributed by atoms with van der Waals surface area (Å²) in [4.78, 5) is 2.38. The first-order valence-electron chi connectivity index (χ1n) is 13.7. The van der Waals surface area contributed by atoms with E-state index in [-0.39, 0.29) is 5.41 Å². The van der Waals surface area contributed by atoms with Crippen molar-refractivity contribution >= 4 is 17.1 Å². The standard InChI is InChI=1S/C37H33N/c1-24-5-14-30(15-6-24)38(32-18-12-26-8-9-28(26)22-32)31-16-10-27(11-17-31)29-13-20-34-33-19-7-25(2)21-35(33)37(3,4)36(34)23-29/h5-7,10-23H,8-9H2,1-4H3. The maximum atomic E-state index is 2.41. The molecule has 0 aromatic heterocycles. The fourth-order valence-electron chi connectivity index (χ4n) is 6.30. The number of fused-ring (bicyclic) bond motifs is 4. The van der Waals surface area contributed by atoms with Gasteiger partial charge < -0.3 is 4.90 Å². The van der Waals surface area contributed by atoms with Gasteiger partial charge in [-0.2, -0.15) is 0 Å². The lowest BCUT2D eigenvalue weighted by Crippen LogP contribution is -2.15. The van der Waals surface area contributed by atoms with Gasteiger partial charge in [0.05, 0.1) is 0 Å². The Morgan fingerprint density at radius 2 is 1.05 bits per heavy atom. The van der Waals surface area contributed by atoms with E-state index in [9.17, 15) is 0 Å². The average Bonchev–Trinajstić information content (AvgIpc) is 3.13. The molecule has 2 aliphatic carbocycles. The molecule has 1 nitrogen and oxygen atoms in total. The second-order valence-electron chi connectivity index (χ2n) is 11.6. The molecule has 38 heavy (non-hydrogen) atoms. The number of benzene rings is 5. The lowest BCUT2D eigenvalue weighted by atomic mass is 9.81. The summed E-state index contributed by atoms with van der Waals surface area (Å²) < 4.78 is 0. The van der Waals surface area contributed by atoms with Crippen LogP contribution in [0, 0.1) is 13.8 Å². The minimum atomic E-state index is 0.00370. The van der Waals surface area contributed by atoms with Crippen LogP contribution in [0.5, 0.6) is 0 Å². The number of anilines is 3. The predicted octanol–water partition coefficient (Wildman–Crippen LogP) is 9.85. The Balaban J connectivity index is 1.27. The zero-order chi connectivity index (χ0) is 26.0. The Kier molecular flexibility index (Phi) is 5.13. The summed E-state index contributed by atoms with van der Waals surface area (Å²) in [5, 5.41) is 0. The van der Waals surface area contributed by atoms with E-state index in [1.807, 2.05) is 0 Å². The molecule has 0 N–H and O–H groups in total. The molecule has 0 bridgehead atoms. The highest BCUT2D eigenvalue weighted by Gasteiger charge is 2.35. The summed E-state index contributed by atoms with van der Waals surface area (Å²) in [6.07, 6.45) is 2.39. The van der Waals surface area contributed by atoms with Gasteiger partial charge in [-0.3, -0.25) is 0 Å². The highest BCUT2D eigenvalue weighted by Crippen LogP contribution is 2.50. The molecule has 0 aliphatic heterocycles. The third-order valence-electron chi connectivity index (χ3n) is 8.69. The molecule has 0 radical (unpaired) electrons. The smallest absolute Gasteiger partial charge is 0.0464 e. The number of aryl methyl sites for hydroxylation is 4. The van der Waals surface area contributed by atoms with Gasteiger partial charge in [0.2, 0.25) is 0 Å². The molecule has 0 spiro atoms. The third-order valence-corrected chi connectivity index (χ3v) is 8.69. The van der Waals surface area contributed by atoms with Crippen LogP contribution in [0.4, 0.5) is 17.1 Å². The van der Waals surface area contributed by atoms with Gasteiger partial charge in [-0.05, 0) is 114 Å². The van der Waals surface area contributed by atoms with Gasteiger partial charge in [0.15, 0.2) is 0 Å². The van der Waals surface area contributed by atoms with E-state index >= 15 is 0 Å². The lowest BCUT2D eigenvalue weighted by Gasteiger charge is -2.28. The second kappa shape index (κ2) is 8.46. The SMILES string of the molecule is Cc1ccc(N(c2ccc(-c3ccc4c(c3)C(C)(C)c3cc(C)ccc3-4)cc2)c2ccc3c(c2)CC3)cc1. The predicted molar refractivity (Wildman–Crippen MR) is 161 cm³/mol. The van der Waals surface area contributed by atoms with Crippen LogP contribution in [0.1, 0.15) is 47.2 Å². The Labute approximate surface area is 226 Å². The molecular weight excluding hydrogens is 458 g/mol. The molecule has 0 amide bonds. The second-order valence-corrected chi connectivity index (χ2v) is 11.6. The molecule has 0 fully saturated rings. The van der Waals surface area contributed by atoms with E-state index in [4.69, 9.17) is 0 Å². The van der Waals surface area contributed by atoms with Crippen molar-refractivity contribution in [1.29, 1.82) is 0 Å². The van der Waals surface area contributed by atoms with E-state index < -0.39 is 0 Å². The van der Waals surface area contributed by atoms with Gasteiger partial charge in [-0.25, -0.2) is 0 Å². The topological polar surface area (TPSA) is 3.24 Å². The molecular formula is C37H33N.